The van der Waals surface area contributed by atoms with Gasteiger partial charge < -0.3 is 15.4 Å². The molecular weight excluding hydrogens is 264 g/mol. The van der Waals surface area contributed by atoms with Crippen LogP contribution in [0.25, 0.3) is 0 Å². The van der Waals surface area contributed by atoms with Crippen LogP contribution in [-0.4, -0.2) is 31.7 Å². The zero-order valence-electron chi connectivity index (χ0n) is 13.0. The predicted octanol–water partition coefficient (Wildman–Crippen LogP) is 2.33. The van der Waals surface area contributed by atoms with E-state index < -0.39 is 0 Å². The molecule has 116 valence electrons. The third-order valence-electron chi connectivity index (χ3n) is 3.92. The molecule has 1 aliphatic rings. The maximum atomic E-state index is 11.9. The van der Waals surface area contributed by atoms with Gasteiger partial charge in [-0.1, -0.05) is 29.8 Å². The van der Waals surface area contributed by atoms with Gasteiger partial charge in [0, 0.05) is 6.42 Å². The van der Waals surface area contributed by atoms with Crippen molar-refractivity contribution in [3.05, 3.63) is 35.4 Å². The average molecular weight is 290 g/mol. The highest BCUT2D eigenvalue weighted by Gasteiger charge is 2.14. The lowest BCUT2D eigenvalue weighted by molar-refractivity contribution is -0.123. The number of amides is 1. The van der Waals surface area contributed by atoms with E-state index in [4.69, 9.17) is 4.74 Å². The highest BCUT2D eigenvalue weighted by atomic mass is 16.5. The Labute approximate surface area is 127 Å². The van der Waals surface area contributed by atoms with Crippen LogP contribution in [0.2, 0.25) is 0 Å². The summed E-state index contributed by atoms with van der Waals surface area (Å²) in [4.78, 5) is 11.9. The molecule has 1 fully saturated rings. The van der Waals surface area contributed by atoms with E-state index >= 15 is 0 Å². The molecule has 1 aliphatic heterocycles. The number of carbonyl (C=O) groups excluding carboxylic acids is 1. The number of hydrogen-bond acceptors (Lipinski definition) is 3. The molecule has 0 radical (unpaired) electrons. The van der Waals surface area contributed by atoms with Gasteiger partial charge >= 0.3 is 0 Å². The fourth-order valence-electron chi connectivity index (χ4n) is 2.53. The number of nitrogens with one attached hydrogen (secondary N) is 2. The average Bonchev–Trinajstić information content (AvgIpc) is 2.49. The first-order valence-electron chi connectivity index (χ1n) is 7.83. The number of ether oxygens (including phenoxy) is 1. The van der Waals surface area contributed by atoms with Crippen molar-refractivity contribution in [3.63, 3.8) is 0 Å². The van der Waals surface area contributed by atoms with E-state index in [2.05, 4.69) is 41.8 Å². The summed E-state index contributed by atoms with van der Waals surface area (Å²) >= 11 is 0. The second kappa shape index (κ2) is 8.15. The van der Waals surface area contributed by atoms with Crippen LogP contribution in [-0.2, 0) is 9.53 Å². The van der Waals surface area contributed by atoms with Crippen LogP contribution in [0.5, 0.6) is 0 Å². The summed E-state index contributed by atoms with van der Waals surface area (Å²) in [5.74, 6) is 0.0528. The summed E-state index contributed by atoms with van der Waals surface area (Å²) in [6, 6.07) is 8.30. The lowest BCUT2D eigenvalue weighted by Gasteiger charge is -2.23. The number of carbonyl (C=O) groups is 1. The summed E-state index contributed by atoms with van der Waals surface area (Å²) in [6.07, 6.45) is 2.83. The number of rotatable bonds is 6. The maximum absolute atomic E-state index is 11.9. The molecule has 4 nitrogen and oxygen atoms in total. The Bertz CT molecular complexity index is 439. The molecule has 0 bridgehead atoms. The van der Waals surface area contributed by atoms with Crippen LogP contribution in [0, 0.1) is 6.92 Å². The number of hydrogen-bond donors (Lipinski definition) is 2. The highest BCUT2D eigenvalue weighted by molar-refractivity contribution is 5.76. The van der Waals surface area contributed by atoms with Gasteiger partial charge in [-0.2, -0.15) is 0 Å². The van der Waals surface area contributed by atoms with E-state index in [-0.39, 0.29) is 11.9 Å². The van der Waals surface area contributed by atoms with Crippen LogP contribution < -0.4 is 10.6 Å². The van der Waals surface area contributed by atoms with Gasteiger partial charge in [-0.15, -0.1) is 0 Å². The van der Waals surface area contributed by atoms with Gasteiger partial charge in [0.1, 0.15) is 0 Å². The first-order valence-corrected chi connectivity index (χ1v) is 7.83. The summed E-state index contributed by atoms with van der Waals surface area (Å²) in [5, 5.41) is 6.32. The molecule has 1 atom stereocenters. The van der Waals surface area contributed by atoms with Crippen molar-refractivity contribution in [2.75, 3.05) is 19.7 Å². The molecule has 1 heterocycles. The molecule has 21 heavy (non-hydrogen) atoms. The van der Waals surface area contributed by atoms with Crippen molar-refractivity contribution in [2.45, 2.75) is 45.3 Å². The molecule has 0 unspecified atom stereocenters. The fraction of sp³-hybridized carbons (Fsp3) is 0.588. The van der Waals surface area contributed by atoms with E-state index in [1.165, 1.54) is 5.56 Å². The highest BCUT2D eigenvalue weighted by Crippen LogP contribution is 2.13. The molecule has 4 heteroatoms. The molecular formula is C17H26N2O2. The standard InChI is InChI=1S/C17H26N2O2/c1-13-3-5-15(6-4-13)14(2)19-17(20)9-12-21-16-7-10-18-11-8-16/h3-6,14,16,18H,7-12H2,1-2H3,(H,19,20)/t14-/m1/s1. The Morgan fingerprint density at radius 3 is 2.67 bits per heavy atom. The fourth-order valence-corrected chi connectivity index (χ4v) is 2.53. The molecule has 1 aromatic carbocycles. The molecule has 2 N–H and O–H groups in total. The van der Waals surface area contributed by atoms with Crippen LogP contribution in [0.15, 0.2) is 24.3 Å². The van der Waals surface area contributed by atoms with Crippen molar-refractivity contribution in [3.8, 4) is 0 Å². The second-order valence-corrected chi connectivity index (χ2v) is 5.77. The largest absolute Gasteiger partial charge is 0.378 e. The Kier molecular flexibility index (Phi) is 6.21. The van der Waals surface area contributed by atoms with E-state index in [1.807, 2.05) is 6.92 Å². The quantitative estimate of drug-likeness (QED) is 0.845. The van der Waals surface area contributed by atoms with Crippen LogP contribution in [0.4, 0.5) is 0 Å². The molecule has 0 aliphatic carbocycles. The topological polar surface area (TPSA) is 50.4 Å². The van der Waals surface area contributed by atoms with Crippen LogP contribution in [0.3, 0.4) is 0 Å². The summed E-state index contributed by atoms with van der Waals surface area (Å²) < 4.78 is 5.76. The van der Waals surface area contributed by atoms with Gasteiger partial charge in [-0.05, 0) is 45.3 Å². The zero-order valence-corrected chi connectivity index (χ0v) is 13.0. The second-order valence-electron chi connectivity index (χ2n) is 5.77. The van der Waals surface area contributed by atoms with Crippen molar-refractivity contribution in [2.24, 2.45) is 0 Å². The summed E-state index contributed by atoms with van der Waals surface area (Å²) in [5.41, 5.74) is 2.36. The summed E-state index contributed by atoms with van der Waals surface area (Å²) in [6.45, 7) is 6.61. The van der Waals surface area contributed by atoms with Gasteiger partial charge in [-0.25, -0.2) is 0 Å². The number of benzene rings is 1. The Balaban J connectivity index is 1.67. The lowest BCUT2D eigenvalue weighted by atomic mass is 10.1. The van der Waals surface area contributed by atoms with Gasteiger partial charge in [0.25, 0.3) is 0 Å². The molecule has 1 amide bonds. The Morgan fingerprint density at radius 1 is 1.33 bits per heavy atom. The van der Waals surface area contributed by atoms with Crippen LogP contribution in [0.1, 0.15) is 43.4 Å². The minimum Gasteiger partial charge on any atom is -0.378 e. The molecule has 2 rings (SSSR count). The van der Waals surface area contributed by atoms with E-state index in [9.17, 15) is 4.79 Å². The normalized spacial score (nSPS) is 17.4. The SMILES string of the molecule is Cc1ccc([C@@H](C)NC(=O)CCOC2CCNCC2)cc1. The van der Waals surface area contributed by atoms with Gasteiger partial charge in [0.05, 0.1) is 18.8 Å². The summed E-state index contributed by atoms with van der Waals surface area (Å²) in [7, 11) is 0. The zero-order chi connectivity index (χ0) is 15.1. The van der Waals surface area contributed by atoms with Gasteiger partial charge in [-0.3, -0.25) is 4.79 Å². The third kappa shape index (κ3) is 5.48. The number of piperidine rings is 1. The molecule has 0 aromatic heterocycles. The van der Waals surface area contributed by atoms with E-state index in [0.717, 1.165) is 31.5 Å². The minimum atomic E-state index is 0.0389. The molecule has 0 spiro atoms. The van der Waals surface area contributed by atoms with Crippen molar-refractivity contribution < 1.29 is 9.53 Å². The predicted molar refractivity (Wildman–Crippen MR) is 84.2 cm³/mol. The van der Waals surface area contributed by atoms with E-state index in [1.54, 1.807) is 0 Å². The smallest absolute Gasteiger partial charge is 0.222 e. The monoisotopic (exact) mass is 290 g/mol. The Hall–Kier alpha value is -1.39. The maximum Gasteiger partial charge on any atom is 0.222 e. The van der Waals surface area contributed by atoms with Crippen molar-refractivity contribution in [1.29, 1.82) is 0 Å². The van der Waals surface area contributed by atoms with E-state index in [0.29, 0.717) is 19.1 Å². The van der Waals surface area contributed by atoms with Crippen molar-refractivity contribution >= 4 is 5.91 Å². The molecule has 0 saturated carbocycles. The van der Waals surface area contributed by atoms with Crippen LogP contribution >= 0.6 is 0 Å². The third-order valence-corrected chi connectivity index (χ3v) is 3.92. The minimum absolute atomic E-state index is 0.0389. The molecule has 1 aromatic rings. The van der Waals surface area contributed by atoms with Crippen molar-refractivity contribution in [1.82, 2.24) is 10.6 Å². The van der Waals surface area contributed by atoms with Gasteiger partial charge in [0.15, 0.2) is 0 Å². The lowest BCUT2D eigenvalue weighted by Crippen LogP contribution is -2.33. The molecule has 1 saturated heterocycles. The first-order chi connectivity index (χ1) is 10.1. The first kappa shape index (κ1) is 16.0. The Morgan fingerprint density at radius 2 is 2.00 bits per heavy atom. The van der Waals surface area contributed by atoms with Gasteiger partial charge in [0.2, 0.25) is 5.91 Å². The number of aryl methyl sites for hydroxylation is 1.